The minimum atomic E-state index is -1.79. The van der Waals surface area contributed by atoms with Crippen molar-refractivity contribution < 1.29 is 109 Å². The molecule has 0 aromatic heterocycles. The first kappa shape index (κ1) is 45.7. The van der Waals surface area contributed by atoms with Gasteiger partial charge in [-0.3, -0.25) is 9.59 Å². The van der Waals surface area contributed by atoms with Crippen LogP contribution in [0.25, 0.3) is 0 Å². The van der Waals surface area contributed by atoms with Crippen molar-refractivity contribution in [3.05, 3.63) is 36.5 Å². The van der Waals surface area contributed by atoms with E-state index in [1.807, 2.05) is 0 Å². The number of rotatable bonds is 12. The van der Waals surface area contributed by atoms with Crippen LogP contribution in [0.15, 0.2) is 36.5 Å². The SMILES string of the molecule is O=C(O)/C=C/C(=O)O.O=C(O)/C=C/C(=O)O.O=C(O)/C=C\C(=O)O.O=C(O)CC(O)C(=O)O.O=C(O)CC(O)C(=O)O. The first-order valence-corrected chi connectivity index (χ1v) is 9.63. The van der Waals surface area contributed by atoms with E-state index in [1.54, 1.807) is 0 Å². The smallest absolute Gasteiger partial charge is 0.333 e. The molecule has 2 unspecified atom stereocenters. The van der Waals surface area contributed by atoms with E-state index in [0.29, 0.717) is 36.5 Å². The predicted octanol–water partition coefficient (Wildman–Crippen LogP) is -3.05. The second kappa shape index (κ2) is 27.9. The van der Waals surface area contributed by atoms with E-state index in [0.717, 1.165) is 0 Å². The van der Waals surface area contributed by atoms with E-state index in [4.69, 9.17) is 61.3 Å². The minimum Gasteiger partial charge on any atom is -0.481 e. The van der Waals surface area contributed by atoms with Crippen molar-refractivity contribution in [2.24, 2.45) is 0 Å². The number of hydrogen-bond acceptors (Lipinski definition) is 12. The van der Waals surface area contributed by atoms with Crippen molar-refractivity contribution >= 4 is 59.7 Å². The summed E-state index contributed by atoms with van der Waals surface area (Å²) in [5.74, 6) is -13.2. The lowest BCUT2D eigenvalue weighted by Crippen LogP contribution is -2.22. The summed E-state index contributed by atoms with van der Waals surface area (Å²) >= 11 is 0. The fourth-order valence-corrected chi connectivity index (χ4v) is 0.933. The van der Waals surface area contributed by atoms with Crippen LogP contribution in [0.5, 0.6) is 0 Å². The summed E-state index contributed by atoms with van der Waals surface area (Å²) in [5, 5.41) is 95.2. The third kappa shape index (κ3) is 59.1. The van der Waals surface area contributed by atoms with Crippen molar-refractivity contribution in [2.75, 3.05) is 0 Å². The lowest BCUT2D eigenvalue weighted by molar-refractivity contribution is -0.153. The summed E-state index contributed by atoms with van der Waals surface area (Å²) < 4.78 is 0. The highest BCUT2D eigenvalue weighted by Crippen LogP contribution is 1.90. The van der Waals surface area contributed by atoms with Gasteiger partial charge in [-0.2, -0.15) is 0 Å². The van der Waals surface area contributed by atoms with Gasteiger partial charge >= 0.3 is 59.7 Å². The molecule has 0 aromatic carbocycles. The molecule has 0 heterocycles. The predicted molar refractivity (Wildman–Crippen MR) is 125 cm³/mol. The van der Waals surface area contributed by atoms with Crippen molar-refractivity contribution in [1.29, 1.82) is 0 Å². The Labute approximate surface area is 231 Å². The van der Waals surface area contributed by atoms with Gasteiger partial charge in [0.15, 0.2) is 12.2 Å². The molecule has 0 rings (SSSR count). The van der Waals surface area contributed by atoms with Gasteiger partial charge in [0, 0.05) is 36.5 Å². The highest BCUT2D eigenvalue weighted by Gasteiger charge is 2.16. The zero-order chi connectivity index (χ0) is 34.6. The zero-order valence-electron chi connectivity index (χ0n) is 20.5. The highest BCUT2D eigenvalue weighted by atomic mass is 16.4. The molecule has 0 bridgehead atoms. The van der Waals surface area contributed by atoms with E-state index >= 15 is 0 Å². The molecule has 2 atom stereocenters. The molecule has 0 saturated carbocycles. The maximum absolute atomic E-state index is 9.72. The van der Waals surface area contributed by atoms with Gasteiger partial charge in [0.05, 0.1) is 12.8 Å². The Balaban J connectivity index is -0.000000136. The molecular formula is C20H24O22. The van der Waals surface area contributed by atoms with E-state index in [-0.39, 0.29) is 0 Å². The molecule has 0 aliphatic heterocycles. The second-order valence-corrected chi connectivity index (χ2v) is 5.93. The van der Waals surface area contributed by atoms with Gasteiger partial charge in [-0.25, -0.2) is 38.4 Å². The summed E-state index contributed by atoms with van der Waals surface area (Å²) in [7, 11) is 0. The third-order valence-corrected chi connectivity index (χ3v) is 2.41. The fourth-order valence-electron chi connectivity index (χ4n) is 0.933. The molecule has 22 nitrogen and oxygen atoms in total. The molecule has 0 aliphatic carbocycles. The van der Waals surface area contributed by atoms with Crippen molar-refractivity contribution in [3.8, 4) is 0 Å². The monoisotopic (exact) mass is 616 g/mol. The summed E-state index contributed by atoms with van der Waals surface area (Å²) in [5.41, 5.74) is 0. The molecule has 42 heavy (non-hydrogen) atoms. The number of aliphatic hydroxyl groups is 2. The molecule has 0 aromatic rings. The molecule has 0 fully saturated rings. The van der Waals surface area contributed by atoms with Crippen molar-refractivity contribution in [2.45, 2.75) is 25.0 Å². The summed E-state index contributed by atoms with van der Waals surface area (Å²) in [6.45, 7) is 0. The zero-order valence-corrected chi connectivity index (χ0v) is 20.5. The van der Waals surface area contributed by atoms with Gasteiger partial charge in [-0.05, 0) is 0 Å². The number of hydrogen-bond donors (Lipinski definition) is 12. The minimum absolute atomic E-state index is 0.558. The standard InChI is InChI=1S/2C4H6O5.3C4H4O4/c2*5-2(4(8)9)1-3(6)7;3*5-3(6)1-2-4(7)8/h2*2,5H,1H2,(H,6,7)(H,8,9);3*1-2H,(H,5,6)(H,7,8)/b;;2*2-1+;2-1-. The van der Waals surface area contributed by atoms with Gasteiger partial charge in [-0.15, -0.1) is 0 Å². The molecule has 0 amide bonds. The first-order valence-electron chi connectivity index (χ1n) is 9.63. The van der Waals surface area contributed by atoms with Gasteiger partial charge in [-0.1, -0.05) is 0 Å². The molecule has 0 radical (unpaired) electrons. The quantitative estimate of drug-likeness (QED) is 0.0968. The number of aliphatic hydroxyl groups excluding tert-OH is 2. The van der Waals surface area contributed by atoms with Gasteiger partial charge < -0.3 is 61.3 Å². The summed E-state index contributed by atoms with van der Waals surface area (Å²) in [4.78, 5) is 96.1. The lowest BCUT2D eigenvalue weighted by atomic mass is 10.3. The normalized spacial score (nSPS) is 10.8. The average Bonchev–Trinajstić information content (AvgIpc) is 2.81. The van der Waals surface area contributed by atoms with Gasteiger partial charge in [0.25, 0.3) is 0 Å². The summed E-state index contributed by atoms with van der Waals surface area (Å²) in [6, 6.07) is 0. The van der Waals surface area contributed by atoms with Crippen LogP contribution in [0, 0.1) is 0 Å². The van der Waals surface area contributed by atoms with Gasteiger partial charge in [0.2, 0.25) is 0 Å². The van der Waals surface area contributed by atoms with Gasteiger partial charge in [0.1, 0.15) is 0 Å². The topological polar surface area (TPSA) is 413 Å². The lowest BCUT2D eigenvalue weighted by Gasteiger charge is -1.97. The van der Waals surface area contributed by atoms with E-state index < -0.39 is 84.7 Å². The van der Waals surface area contributed by atoms with Crippen LogP contribution in [0.3, 0.4) is 0 Å². The molecule has 0 spiro atoms. The molecular weight excluding hydrogens is 592 g/mol. The number of carboxylic acids is 10. The van der Waals surface area contributed by atoms with Crippen LogP contribution in [0.1, 0.15) is 12.8 Å². The van der Waals surface area contributed by atoms with Crippen LogP contribution in [-0.2, 0) is 47.9 Å². The van der Waals surface area contributed by atoms with Crippen molar-refractivity contribution in [3.63, 3.8) is 0 Å². The van der Waals surface area contributed by atoms with E-state index in [9.17, 15) is 47.9 Å². The Morgan fingerprint density at radius 1 is 0.357 bits per heavy atom. The summed E-state index contributed by atoms with van der Waals surface area (Å²) in [6.07, 6.45) is -1.74. The molecule has 12 N–H and O–H groups in total. The molecule has 22 heteroatoms. The molecule has 236 valence electrons. The Morgan fingerprint density at radius 2 is 0.500 bits per heavy atom. The van der Waals surface area contributed by atoms with Crippen LogP contribution < -0.4 is 0 Å². The molecule has 0 saturated heterocycles. The average molecular weight is 616 g/mol. The first-order chi connectivity index (χ1) is 19.0. The number of aliphatic carboxylic acids is 10. The largest absolute Gasteiger partial charge is 0.481 e. The number of carbonyl (C=O) groups is 10. The maximum Gasteiger partial charge on any atom is 0.333 e. The van der Waals surface area contributed by atoms with E-state index in [1.165, 1.54) is 0 Å². The Morgan fingerprint density at radius 3 is 0.548 bits per heavy atom. The number of carboxylic acid groups (broad SMARTS) is 10. The Hall–Kier alpha value is -6.16. The van der Waals surface area contributed by atoms with Crippen LogP contribution in [-0.4, -0.2) is 133 Å². The maximum atomic E-state index is 9.72. The van der Waals surface area contributed by atoms with Crippen LogP contribution in [0.4, 0.5) is 0 Å². The third-order valence-electron chi connectivity index (χ3n) is 2.41. The van der Waals surface area contributed by atoms with Crippen LogP contribution in [0.2, 0.25) is 0 Å². The second-order valence-electron chi connectivity index (χ2n) is 5.93. The molecule has 0 aliphatic rings. The van der Waals surface area contributed by atoms with E-state index in [2.05, 4.69) is 0 Å². The van der Waals surface area contributed by atoms with Crippen LogP contribution >= 0.6 is 0 Å². The Bertz CT molecular complexity index is 887. The fraction of sp³-hybridized carbons (Fsp3) is 0.200. The Kier molecular flexibility index (Phi) is 30.3. The van der Waals surface area contributed by atoms with Crippen molar-refractivity contribution in [1.82, 2.24) is 0 Å². The highest BCUT2D eigenvalue weighted by molar-refractivity contribution is 5.90.